The number of furan rings is 1. The molecule has 0 bridgehead atoms. The zero-order valence-corrected chi connectivity index (χ0v) is 15.9. The number of nitrogens with one attached hydrogen (secondary N) is 2. The van der Waals surface area contributed by atoms with Gasteiger partial charge in [0.1, 0.15) is 23.7 Å². The third kappa shape index (κ3) is 4.31. The summed E-state index contributed by atoms with van der Waals surface area (Å²) in [6.45, 7) is 3.20. The predicted octanol–water partition coefficient (Wildman–Crippen LogP) is 1.56. The van der Waals surface area contributed by atoms with E-state index in [0.717, 1.165) is 0 Å². The van der Waals surface area contributed by atoms with Gasteiger partial charge in [-0.3, -0.25) is 29.1 Å². The van der Waals surface area contributed by atoms with Crippen LogP contribution in [0.1, 0.15) is 34.9 Å². The average Bonchev–Trinajstić information content (AvgIpc) is 3.39. The van der Waals surface area contributed by atoms with Crippen molar-refractivity contribution in [1.29, 1.82) is 0 Å². The molecule has 1 unspecified atom stereocenters. The Bertz CT molecular complexity index is 1050. The minimum absolute atomic E-state index is 0.0298. The molecule has 152 valence electrons. The first-order valence-electron chi connectivity index (χ1n) is 8.61. The number of nitrogens with zero attached hydrogens (tertiary/aromatic N) is 5. The Balaban J connectivity index is 1.72. The van der Waals surface area contributed by atoms with E-state index in [9.17, 15) is 19.7 Å². The first-order valence-corrected chi connectivity index (χ1v) is 8.61. The largest absolute Gasteiger partial charge is 0.467 e. The smallest absolute Gasteiger partial charge is 0.309 e. The van der Waals surface area contributed by atoms with Gasteiger partial charge in [-0.2, -0.15) is 10.2 Å². The molecule has 29 heavy (non-hydrogen) atoms. The lowest BCUT2D eigenvalue weighted by Crippen LogP contribution is -2.27. The molecule has 0 radical (unpaired) electrons. The fourth-order valence-electron chi connectivity index (χ4n) is 2.62. The molecule has 3 aromatic rings. The summed E-state index contributed by atoms with van der Waals surface area (Å²) in [7, 11) is 1.61. The average molecular weight is 401 g/mol. The van der Waals surface area contributed by atoms with E-state index < -0.39 is 22.8 Å². The van der Waals surface area contributed by atoms with Crippen molar-refractivity contribution >= 4 is 23.2 Å². The van der Waals surface area contributed by atoms with Gasteiger partial charge in [0, 0.05) is 13.2 Å². The molecule has 0 saturated heterocycles. The number of amides is 2. The molecule has 2 N–H and O–H groups in total. The van der Waals surface area contributed by atoms with Gasteiger partial charge >= 0.3 is 5.69 Å². The fraction of sp³-hybridized carbons (Fsp3) is 0.294. The molecule has 0 spiro atoms. The molecule has 0 aliphatic rings. The van der Waals surface area contributed by atoms with Crippen molar-refractivity contribution in [2.45, 2.75) is 26.4 Å². The van der Waals surface area contributed by atoms with E-state index in [0.29, 0.717) is 5.76 Å². The summed E-state index contributed by atoms with van der Waals surface area (Å²) in [5.41, 5.74) is 0.264. The molecule has 3 heterocycles. The third-order valence-corrected chi connectivity index (χ3v) is 4.17. The zero-order valence-electron chi connectivity index (χ0n) is 15.9. The van der Waals surface area contributed by atoms with Crippen molar-refractivity contribution in [2.75, 3.05) is 5.32 Å². The fourth-order valence-corrected chi connectivity index (χ4v) is 2.62. The van der Waals surface area contributed by atoms with E-state index in [-0.39, 0.29) is 29.3 Å². The molecule has 3 aromatic heterocycles. The van der Waals surface area contributed by atoms with Crippen LogP contribution in [0, 0.1) is 17.0 Å². The van der Waals surface area contributed by atoms with Crippen LogP contribution in [-0.4, -0.2) is 36.3 Å². The minimum atomic E-state index is -0.846. The Hall–Kier alpha value is -3.96. The molecule has 0 saturated carbocycles. The van der Waals surface area contributed by atoms with Gasteiger partial charge in [0.25, 0.3) is 5.91 Å². The van der Waals surface area contributed by atoms with Gasteiger partial charge in [-0.1, -0.05) is 0 Å². The number of aromatic nitrogens is 4. The Morgan fingerprint density at radius 1 is 1.34 bits per heavy atom. The van der Waals surface area contributed by atoms with Crippen molar-refractivity contribution in [2.24, 2.45) is 7.05 Å². The van der Waals surface area contributed by atoms with Crippen LogP contribution in [-0.2, 0) is 18.4 Å². The summed E-state index contributed by atoms with van der Waals surface area (Å²) in [4.78, 5) is 35.5. The third-order valence-electron chi connectivity index (χ3n) is 4.17. The second-order valence-electron chi connectivity index (χ2n) is 6.33. The number of aryl methyl sites for hydroxylation is 2. The summed E-state index contributed by atoms with van der Waals surface area (Å²) in [6, 6.07) is 2.58. The Labute approximate surface area is 164 Å². The van der Waals surface area contributed by atoms with Gasteiger partial charge in [-0.25, -0.2) is 0 Å². The summed E-state index contributed by atoms with van der Waals surface area (Å²) < 4.78 is 7.76. The van der Waals surface area contributed by atoms with Crippen LogP contribution in [0.2, 0.25) is 0 Å². The molecular formula is C17H19N7O5. The highest BCUT2D eigenvalue weighted by Crippen LogP contribution is 2.20. The maximum Gasteiger partial charge on any atom is 0.309 e. The van der Waals surface area contributed by atoms with Crippen molar-refractivity contribution in [3.8, 4) is 0 Å². The van der Waals surface area contributed by atoms with Crippen molar-refractivity contribution < 1.29 is 18.9 Å². The zero-order chi connectivity index (χ0) is 21.1. The van der Waals surface area contributed by atoms with Gasteiger partial charge in [0.2, 0.25) is 5.91 Å². The molecule has 0 fully saturated rings. The van der Waals surface area contributed by atoms with Crippen LogP contribution in [0.4, 0.5) is 11.4 Å². The van der Waals surface area contributed by atoms with E-state index in [1.807, 2.05) is 0 Å². The molecule has 0 aliphatic heterocycles. The van der Waals surface area contributed by atoms with E-state index in [1.54, 1.807) is 26.1 Å². The highest BCUT2D eigenvalue weighted by molar-refractivity contribution is 6.02. The van der Waals surface area contributed by atoms with Gasteiger partial charge < -0.3 is 15.1 Å². The Morgan fingerprint density at radius 3 is 2.72 bits per heavy atom. The van der Waals surface area contributed by atoms with Gasteiger partial charge in [-0.05, 0) is 26.0 Å². The number of nitro groups is 1. The predicted molar refractivity (Wildman–Crippen MR) is 100 cm³/mol. The van der Waals surface area contributed by atoms with Crippen LogP contribution in [0.25, 0.3) is 0 Å². The van der Waals surface area contributed by atoms with E-state index >= 15 is 0 Å². The van der Waals surface area contributed by atoms with Crippen LogP contribution in [0.5, 0.6) is 0 Å². The lowest BCUT2D eigenvalue weighted by molar-refractivity contribution is -0.385. The molecular weight excluding hydrogens is 382 g/mol. The molecule has 3 rings (SSSR count). The van der Waals surface area contributed by atoms with Crippen LogP contribution in [0.3, 0.4) is 0 Å². The summed E-state index contributed by atoms with van der Waals surface area (Å²) in [5, 5.41) is 24.4. The SMILES string of the molecule is Cc1nn(C(C)C(=O)Nc2cn(C)nc2C(=O)NCc2ccco2)cc1[N+](=O)[O-]. The first-order chi connectivity index (χ1) is 13.8. The lowest BCUT2D eigenvalue weighted by Gasteiger charge is -2.12. The number of anilines is 1. The Morgan fingerprint density at radius 2 is 2.10 bits per heavy atom. The number of carbonyl (C=O) groups excluding carboxylic acids is 2. The number of carbonyl (C=O) groups is 2. The van der Waals surface area contributed by atoms with E-state index in [4.69, 9.17) is 4.42 Å². The topological polar surface area (TPSA) is 150 Å². The van der Waals surface area contributed by atoms with Crippen molar-refractivity contribution in [3.63, 3.8) is 0 Å². The lowest BCUT2D eigenvalue weighted by atomic mass is 10.3. The van der Waals surface area contributed by atoms with E-state index in [1.165, 1.54) is 34.9 Å². The second kappa shape index (κ2) is 7.96. The first kappa shape index (κ1) is 19.8. The van der Waals surface area contributed by atoms with Crippen LogP contribution < -0.4 is 10.6 Å². The highest BCUT2D eigenvalue weighted by Gasteiger charge is 2.24. The molecule has 12 heteroatoms. The summed E-state index contributed by atoms with van der Waals surface area (Å²) in [6.07, 6.45) is 4.18. The maximum atomic E-state index is 12.6. The van der Waals surface area contributed by atoms with Crippen molar-refractivity contribution in [1.82, 2.24) is 24.9 Å². The number of hydrogen-bond acceptors (Lipinski definition) is 7. The highest BCUT2D eigenvalue weighted by atomic mass is 16.6. The molecule has 0 aliphatic carbocycles. The summed E-state index contributed by atoms with van der Waals surface area (Å²) in [5.74, 6) is -0.421. The second-order valence-corrected chi connectivity index (χ2v) is 6.33. The minimum Gasteiger partial charge on any atom is -0.467 e. The standard InChI is InChI=1S/C17H19N7O5/c1-10-14(24(27)28)9-23(20-10)11(2)16(25)19-13-8-22(3)21-15(13)17(26)18-7-12-5-4-6-29-12/h4-6,8-9,11H,7H2,1-3H3,(H,18,26)(H,19,25). The van der Waals surface area contributed by atoms with Crippen molar-refractivity contribution in [3.05, 3.63) is 58.1 Å². The molecule has 12 nitrogen and oxygen atoms in total. The quantitative estimate of drug-likeness (QED) is 0.450. The van der Waals surface area contributed by atoms with Gasteiger partial charge in [0.05, 0.1) is 23.4 Å². The molecule has 0 aromatic carbocycles. The van der Waals surface area contributed by atoms with Gasteiger partial charge in [0.15, 0.2) is 5.69 Å². The number of hydrogen-bond donors (Lipinski definition) is 2. The summed E-state index contributed by atoms with van der Waals surface area (Å²) >= 11 is 0. The van der Waals surface area contributed by atoms with Crippen LogP contribution in [0.15, 0.2) is 35.2 Å². The molecule has 1 atom stereocenters. The maximum absolute atomic E-state index is 12.6. The normalized spacial score (nSPS) is 11.8. The Kier molecular flexibility index (Phi) is 5.43. The van der Waals surface area contributed by atoms with E-state index in [2.05, 4.69) is 20.8 Å². The van der Waals surface area contributed by atoms with Crippen LogP contribution >= 0.6 is 0 Å². The molecule has 2 amide bonds. The van der Waals surface area contributed by atoms with Gasteiger partial charge in [-0.15, -0.1) is 0 Å². The number of rotatable bonds is 7. The monoisotopic (exact) mass is 401 g/mol.